The number of carbonyl (C=O) groups excluding carboxylic acids is 3. The molecule has 0 radical (unpaired) electrons. The van der Waals surface area contributed by atoms with E-state index in [0.717, 1.165) is 32.7 Å². The molecule has 0 bridgehead atoms. The number of rotatable bonds is 9. The number of carbonyl (C=O) groups is 3. The number of ether oxygens (including phenoxy) is 4. The van der Waals surface area contributed by atoms with Crippen LogP contribution in [0.3, 0.4) is 0 Å². The Kier molecular flexibility index (Phi) is 8.06. The third-order valence-corrected chi connectivity index (χ3v) is 9.06. The van der Waals surface area contributed by atoms with Gasteiger partial charge in [0, 0.05) is 10.3 Å². The van der Waals surface area contributed by atoms with Crippen molar-refractivity contribution in [2.75, 3.05) is 25.3 Å². The highest BCUT2D eigenvalue weighted by Gasteiger charge is 2.26. The van der Waals surface area contributed by atoms with Crippen molar-refractivity contribution in [1.82, 2.24) is 9.78 Å². The van der Waals surface area contributed by atoms with Gasteiger partial charge in [0.1, 0.15) is 20.5 Å². The molecule has 2 aromatic carbocycles. The van der Waals surface area contributed by atoms with Gasteiger partial charge in [0.2, 0.25) is 6.79 Å². The predicted molar refractivity (Wildman–Crippen MR) is 163 cm³/mol. The number of benzene rings is 2. The van der Waals surface area contributed by atoms with E-state index in [9.17, 15) is 18.8 Å². The third-order valence-electron chi connectivity index (χ3n) is 6.91. The molecule has 0 fully saturated rings. The molecular formula is C31H26FN3O7S2. The molecule has 0 saturated heterocycles. The number of nitrogens with one attached hydrogen (secondary N) is 1. The Morgan fingerprint density at radius 2 is 1.77 bits per heavy atom. The lowest BCUT2D eigenvalue weighted by Crippen LogP contribution is -2.21. The number of esters is 2. The van der Waals surface area contributed by atoms with Crippen molar-refractivity contribution < 1.29 is 37.7 Å². The molecule has 0 spiro atoms. The van der Waals surface area contributed by atoms with Crippen LogP contribution in [0.1, 0.15) is 48.7 Å². The summed E-state index contributed by atoms with van der Waals surface area (Å²) in [6, 6.07) is 13.1. The average molecular weight is 636 g/mol. The summed E-state index contributed by atoms with van der Waals surface area (Å²) in [7, 11) is 0. The van der Waals surface area contributed by atoms with E-state index in [-0.39, 0.29) is 29.7 Å². The van der Waals surface area contributed by atoms with Crippen LogP contribution in [0, 0.1) is 19.7 Å². The molecule has 5 aromatic rings. The Bertz CT molecular complexity index is 1910. The highest BCUT2D eigenvalue weighted by atomic mass is 32.1. The molecule has 10 nitrogen and oxygen atoms in total. The topological polar surface area (TPSA) is 118 Å². The molecule has 0 aliphatic carbocycles. The number of hydrogen-bond acceptors (Lipinski definition) is 10. The van der Waals surface area contributed by atoms with Crippen molar-refractivity contribution >= 4 is 55.7 Å². The van der Waals surface area contributed by atoms with Gasteiger partial charge >= 0.3 is 11.9 Å². The Morgan fingerprint density at radius 3 is 2.55 bits per heavy atom. The van der Waals surface area contributed by atoms with Gasteiger partial charge in [0.15, 0.2) is 18.1 Å². The van der Waals surface area contributed by atoms with E-state index >= 15 is 0 Å². The van der Waals surface area contributed by atoms with Crippen LogP contribution in [0.25, 0.3) is 15.9 Å². The third kappa shape index (κ3) is 5.75. The van der Waals surface area contributed by atoms with Gasteiger partial charge in [-0.25, -0.2) is 18.7 Å². The Labute approximate surface area is 258 Å². The minimum Gasteiger partial charge on any atom is -0.462 e. The van der Waals surface area contributed by atoms with E-state index < -0.39 is 24.5 Å². The lowest BCUT2D eigenvalue weighted by Gasteiger charge is -2.10. The van der Waals surface area contributed by atoms with Crippen molar-refractivity contribution in [1.29, 1.82) is 0 Å². The molecule has 226 valence electrons. The Hall–Kier alpha value is -4.75. The second-order valence-corrected chi connectivity index (χ2v) is 12.1. The standard InChI is InChI=1S/C31H26FN3O7S2/c1-4-39-31(38)27-22(11-18-5-10-23-24(12-18)42-15-41-23)17(3)43-28(27)33-26(36)14-40-30(37)25-13-21-16(2)34-35(29(21)44-25)20-8-6-19(32)7-9-20/h5-10,12-13H,4,11,14-15H2,1-3H3,(H,33,36). The molecule has 13 heteroatoms. The maximum atomic E-state index is 13.4. The fourth-order valence-electron chi connectivity index (χ4n) is 4.82. The molecular weight excluding hydrogens is 609 g/mol. The zero-order chi connectivity index (χ0) is 31.0. The Balaban J connectivity index is 1.17. The molecule has 0 unspecified atom stereocenters. The Morgan fingerprint density at radius 1 is 1.00 bits per heavy atom. The summed E-state index contributed by atoms with van der Waals surface area (Å²) >= 11 is 2.40. The summed E-state index contributed by atoms with van der Waals surface area (Å²) in [5.41, 5.74) is 3.21. The summed E-state index contributed by atoms with van der Waals surface area (Å²) < 4.78 is 36.6. The van der Waals surface area contributed by atoms with Gasteiger partial charge in [-0.15, -0.1) is 22.7 Å². The molecule has 1 aliphatic heterocycles. The zero-order valence-electron chi connectivity index (χ0n) is 23.9. The number of amides is 1. The van der Waals surface area contributed by atoms with Crippen LogP contribution in [0.5, 0.6) is 11.5 Å². The van der Waals surface area contributed by atoms with E-state index in [0.29, 0.717) is 39.1 Å². The second kappa shape index (κ2) is 12.1. The van der Waals surface area contributed by atoms with E-state index in [1.165, 1.54) is 23.5 Å². The monoisotopic (exact) mass is 635 g/mol. The zero-order valence-corrected chi connectivity index (χ0v) is 25.5. The molecule has 1 N–H and O–H groups in total. The molecule has 3 aromatic heterocycles. The van der Waals surface area contributed by atoms with Crippen LogP contribution in [0.2, 0.25) is 0 Å². The number of aromatic nitrogens is 2. The first-order valence-corrected chi connectivity index (χ1v) is 15.2. The largest absolute Gasteiger partial charge is 0.462 e. The number of halogens is 1. The van der Waals surface area contributed by atoms with Crippen LogP contribution in [0.15, 0.2) is 48.5 Å². The average Bonchev–Trinajstić information content (AvgIpc) is 3.77. The van der Waals surface area contributed by atoms with E-state index in [2.05, 4.69) is 10.4 Å². The quantitative estimate of drug-likeness (QED) is 0.190. The predicted octanol–water partition coefficient (Wildman–Crippen LogP) is 6.20. The first-order chi connectivity index (χ1) is 21.2. The number of anilines is 1. The van der Waals surface area contributed by atoms with Crippen molar-refractivity contribution in [2.24, 2.45) is 0 Å². The fraction of sp³-hybridized carbons (Fsp3) is 0.226. The summed E-state index contributed by atoms with van der Waals surface area (Å²) in [5, 5.41) is 8.29. The summed E-state index contributed by atoms with van der Waals surface area (Å²) in [4.78, 5) is 40.7. The molecule has 4 heterocycles. The number of aryl methyl sites for hydroxylation is 2. The van der Waals surface area contributed by atoms with Crippen molar-refractivity contribution in [3.05, 3.63) is 86.5 Å². The first kappa shape index (κ1) is 29.3. The molecule has 1 aliphatic rings. The van der Waals surface area contributed by atoms with E-state index in [1.807, 2.05) is 32.0 Å². The van der Waals surface area contributed by atoms with Gasteiger partial charge in [-0.05, 0) is 80.8 Å². The van der Waals surface area contributed by atoms with Crippen LogP contribution < -0.4 is 14.8 Å². The van der Waals surface area contributed by atoms with Crippen LogP contribution in [-0.2, 0) is 20.7 Å². The summed E-state index contributed by atoms with van der Waals surface area (Å²) in [6.45, 7) is 5.13. The molecule has 0 saturated carbocycles. The lowest BCUT2D eigenvalue weighted by molar-refractivity contribution is -0.119. The van der Waals surface area contributed by atoms with Crippen LogP contribution >= 0.6 is 22.7 Å². The van der Waals surface area contributed by atoms with Crippen molar-refractivity contribution in [3.8, 4) is 17.2 Å². The van der Waals surface area contributed by atoms with Gasteiger partial charge < -0.3 is 24.3 Å². The minimum absolute atomic E-state index is 0.155. The maximum absolute atomic E-state index is 13.4. The van der Waals surface area contributed by atoms with Crippen LogP contribution in [-0.4, -0.2) is 47.6 Å². The summed E-state index contributed by atoms with van der Waals surface area (Å²) in [5.74, 6) is -0.918. The smallest absolute Gasteiger partial charge is 0.348 e. The molecule has 6 rings (SSSR count). The normalized spacial score (nSPS) is 12.0. The highest BCUT2D eigenvalue weighted by molar-refractivity contribution is 7.20. The van der Waals surface area contributed by atoms with Crippen molar-refractivity contribution in [2.45, 2.75) is 27.2 Å². The number of fused-ring (bicyclic) bond motifs is 2. The molecule has 1 amide bonds. The molecule has 0 atom stereocenters. The number of nitrogens with zero attached hydrogens (tertiary/aromatic N) is 2. The van der Waals surface area contributed by atoms with Crippen LogP contribution in [0.4, 0.5) is 9.39 Å². The SMILES string of the molecule is CCOC(=O)c1c(NC(=O)COC(=O)c2cc3c(C)nn(-c4ccc(F)cc4)c3s2)sc(C)c1Cc1ccc2c(c1)OCO2. The van der Waals surface area contributed by atoms with Gasteiger partial charge in [-0.2, -0.15) is 5.10 Å². The highest BCUT2D eigenvalue weighted by Crippen LogP contribution is 2.38. The van der Waals surface area contributed by atoms with E-state index in [4.69, 9.17) is 18.9 Å². The van der Waals surface area contributed by atoms with E-state index in [1.54, 1.807) is 29.8 Å². The number of hydrogen-bond donors (Lipinski definition) is 1. The lowest BCUT2D eigenvalue weighted by atomic mass is 10.0. The first-order valence-electron chi connectivity index (χ1n) is 13.6. The van der Waals surface area contributed by atoms with Gasteiger partial charge in [0.25, 0.3) is 5.91 Å². The van der Waals surface area contributed by atoms with Crippen molar-refractivity contribution in [3.63, 3.8) is 0 Å². The summed E-state index contributed by atoms with van der Waals surface area (Å²) in [6.07, 6.45) is 0.401. The molecule has 44 heavy (non-hydrogen) atoms. The van der Waals surface area contributed by atoms with Gasteiger partial charge in [-0.1, -0.05) is 6.07 Å². The van der Waals surface area contributed by atoms with Gasteiger partial charge in [0.05, 0.1) is 23.6 Å². The minimum atomic E-state index is -0.678. The maximum Gasteiger partial charge on any atom is 0.348 e. The second-order valence-electron chi connectivity index (χ2n) is 9.85. The fourth-order valence-corrected chi connectivity index (χ4v) is 6.98. The van der Waals surface area contributed by atoms with Gasteiger partial charge in [-0.3, -0.25) is 4.79 Å². The number of thiophene rings is 2.